The molecule has 4 aromatic rings. The van der Waals surface area contributed by atoms with Gasteiger partial charge in [0.1, 0.15) is 0 Å². The van der Waals surface area contributed by atoms with Crippen LogP contribution in [0.1, 0.15) is 11.1 Å². The lowest BCUT2D eigenvalue weighted by Crippen LogP contribution is -2.37. The Morgan fingerprint density at radius 3 is 2.82 bits per heavy atom. The molecule has 168 valence electrons. The van der Waals surface area contributed by atoms with Crippen molar-refractivity contribution >= 4 is 46.2 Å². The van der Waals surface area contributed by atoms with E-state index >= 15 is 0 Å². The number of fused-ring (bicyclic) bond motifs is 1. The summed E-state index contributed by atoms with van der Waals surface area (Å²) in [7, 11) is 0. The van der Waals surface area contributed by atoms with Crippen LogP contribution in [0.3, 0.4) is 0 Å². The van der Waals surface area contributed by atoms with Crippen molar-refractivity contribution in [3.63, 3.8) is 0 Å². The van der Waals surface area contributed by atoms with Gasteiger partial charge >= 0.3 is 0 Å². The van der Waals surface area contributed by atoms with Gasteiger partial charge in [0.15, 0.2) is 23.2 Å². The molecule has 2 aromatic heterocycles. The molecule has 1 unspecified atom stereocenters. The fourth-order valence-electron chi connectivity index (χ4n) is 3.52. The molecular formula is C23H16Cl3FN4O2. The lowest BCUT2D eigenvalue weighted by molar-refractivity contribution is 0.0623. The highest BCUT2D eigenvalue weighted by Crippen LogP contribution is 2.32. The molecule has 0 saturated carbocycles. The monoisotopic (exact) mass is 504 g/mol. The fraction of sp³-hybridized carbons (Fsp3) is 0.130. The topological polar surface area (TPSA) is 60.2 Å². The van der Waals surface area contributed by atoms with Crippen molar-refractivity contribution in [2.45, 2.75) is 12.5 Å². The minimum absolute atomic E-state index is 0.0166. The van der Waals surface area contributed by atoms with Crippen LogP contribution in [0, 0.1) is 5.82 Å². The maximum atomic E-state index is 14.5. The molecular weight excluding hydrogens is 490 g/mol. The third-order valence-electron chi connectivity index (χ3n) is 5.12. The van der Waals surface area contributed by atoms with Gasteiger partial charge in [-0.2, -0.15) is 5.10 Å². The van der Waals surface area contributed by atoms with Gasteiger partial charge in [0.2, 0.25) is 0 Å². The number of halogens is 4. The van der Waals surface area contributed by atoms with Crippen molar-refractivity contribution in [2.75, 3.05) is 6.61 Å². The quantitative estimate of drug-likeness (QED) is 0.355. The van der Waals surface area contributed by atoms with Gasteiger partial charge in [-0.1, -0.05) is 46.9 Å². The van der Waals surface area contributed by atoms with E-state index in [4.69, 9.17) is 49.4 Å². The summed E-state index contributed by atoms with van der Waals surface area (Å²) in [4.78, 5) is 10.4. The van der Waals surface area contributed by atoms with E-state index in [0.717, 1.165) is 11.1 Å². The number of nitrogens with one attached hydrogen (secondary N) is 1. The van der Waals surface area contributed by atoms with Crippen molar-refractivity contribution < 1.29 is 14.0 Å². The lowest BCUT2D eigenvalue weighted by atomic mass is 10.1. The third-order valence-corrected chi connectivity index (χ3v) is 6.00. The second kappa shape index (κ2) is 9.19. The number of hydrogen-bond donors (Lipinski definition) is 1. The summed E-state index contributed by atoms with van der Waals surface area (Å²) in [5, 5.41) is 5.33. The molecule has 3 heterocycles. The van der Waals surface area contributed by atoms with Gasteiger partial charge < -0.3 is 4.74 Å². The summed E-state index contributed by atoms with van der Waals surface area (Å²) in [6, 6.07) is 13.4. The zero-order chi connectivity index (χ0) is 22.9. The normalized spacial score (nSPS) is 15.9. The number of nitrogens with zero attached hydrogens (tertiary/aromatic N) is 3. The number of amidine groups is 1. The smallest absolute Gasteiger partial charge is 0.184 e. The average Bonchev–Trinajstić information content (AvgIpc) is 3.26. The van der Waals surface area contributed by atoms with Crippen LogP contribution in [0.15, 0.2) is 65.9 Å². The SMILES string of the molecule is Fc1c(Cl)cccc1Oc1cn2nccc2cc1C1=NC(Cc2ccc(Cl)cc2Cl)CON1. The number of hydrogen-bond acceptors (Lipinski definition) is 5. The minimum Gasteiger partial charge on any atom is -0.452 e. The highest BCUT2D eigenvalue weighted by Gasteiger charge is 2.22. The standard InChI is InChI=1S/C23H16Cl3FN4O2/c24-14-5-4-13(19(26)9-14)8-15-12-32-30-23(29-15)17-10-16-6-7-28-31(16)11-21(17)33-20-3-1-2-18(25)22(20)27/h1-7,9-11,15H,8,12H2,(H,29,30). The molecule has 1 aliphatic heterocycles. The molecule has 0 fully saturated rings. The number of rotatable bonds is 5. The molecule has 0 radical (unpaired) electrons. The molecule has 0 spiro atoms. The molecule has 1 N–H and O–H groups in total. The van der Waals surface area contributed by atoms with Crippen molar-refractivity contribution in [3.8, 4) is 11.5 Å². The Hall–Kier alpha value is -2.84. The van der Waals surface area contributed by atoms with E-state index in [9.17, 15) is 4.39 Å². The Bertz CT molecular complexity index is 1380. The van der Waals surface area contributed by atoms with Crippen molar-refractivity contribution in [1.82, 2.24) is 15.1 Å². The summed E-state index contributed by atoms with van der Waals surface area (Å²) >= 11 is 18.3. The van der Waals surface area contributed by atoms with Crippen LogP contribution in [0.2, 0.25) is 15.1 Å². The Kier molecular flexibility index (Phi) is 6.12. The molecule has 5 rings (SSSR count). The van der Waals surface area contributed by atoms with Crippen LogP contribution in [0.25, 0.3) is 5.52 Å². The first kappa shape index (κ1) is 22.0. The Balaban J connectivity index is 1.52. The first-order valence-electron chi connectivity index (χ1n) is 9.97. The molecule has 6 nitrogen and oxygen atoms in total. The van der Waals surface area contributed by atoms with Crippen molar-refractivity contribution in [3.05, 3.63) is 92.9 Å². The highest BCUT2D eigenvalue weighted by atomic mass is 35.5. The Morgan fingerprint density at radius 1 is 1.09 bits per heavy atom. The molecule has 0 bridgehead atoms. The molecule has 10 heteroatoms. The van der Waals surface area contributed by atoms with Crippen molar-refractivity contribution in [2.24, 2.45) is 4.99 Å². The van der Waals surface area contributed by atoms with Crippen LogP contribution in [-0.4, -0.2) is 28.1 Å². The first-order valence-corrected chi connectivity index (χ1v) is 11.1. The Morgan fingerprint density at radius 2 is 1.97 bits per heavy atom. The van der Waals surface area contributed by atoms with Crippen LogP contribution >= 0.6 is 34.8 Å². The highest BCUT2D eigenvalue weighted by molar-refractivity contribution is 6.35. The summed E-state index contributed by atoms with van der Waals surface area (Å²) < 4.78 is 22.0. The lowest BCUT2D eigenvalue weighted by Gasteiger charge is -2.23. The fourth-order valence-corrected chi connectivity index (χ4v) is 4.17. The van der Waals surface area contributed by atoms with E-state index in [-0.39, 0.29) is 16.8 Å². The zero-order valence-electron chi connectivity index (χ0n) is 16.9. The van der Waals surface area contributed by atoms with Crippen LogP contribution in [-0.2, 0) is 11.3 Å². The molecule has 0 amide bonds. The molecule has 1 atom stereocenters. The number of hydroxylamine groups is 1. The third kappa shape index (κ3) is 4.63. The van der Waals surface area contributed by atoms with Gasteiger partial charge in [0.05, 0.1) is 34.9 Å². The zero-order valence-corrected chi connectivity index (χ0v) is 19.2. The molecule has 0 aliphatic carbocycles. The number of aromatic nitrogens is 2. The van der Waals surface area contributed by atoms with E-state index in [1.165, 1.54) is 12.1 Å². The van der Waals surface area contributed by atoms with Gasteiger partial charge in [0, 0.05) is 16.2 Å². The van der Waals surface area contributed by atoms with Gasteiger partial charge in [-0.3, -0.25) is 9.83 Å². The summed E-state index contributed by atoms with van der Waals surface area (Å²) in [6.45, 7) is 0.344. The Labute approximate surface area is 203 Å². The van der Waals surface area contributed by atoms with Crippen LogP contribution in [0.4, 0.5) is 4.39 Å². The van der Waals surface area contributed by atoms with Gasteiger partial charge in [-0.25, -0.2) is 14.4 Å². The van der Waals surface area contributed by atoms with Crippen LogP contribution in [0.5, 0.6) is 11.5 Å². The molecule has 2 aromatic carbocycles. The maximum absolute atomic E-state index is 14.5. The van der Waals surface area contributed by atoms with E-state index in [1.807, 2.05) is 18.2 Å². The van der Waals surface area contributed by atoms with Crippen molar-refractivity contribution in [1.29, 1.82) is 0 Å². The summed E-state index contributed by atoms with van der Waals surface area (Å²) in [5.74, 6) is 0.0951. The van der Waals surface area contributed by atoms with Gasteiger partial charge in [0.25, 0.3) is 0 Å². The largest absolute Gasteiger partial charge is 0.452 e. The molecule has 33 heavy (non-hydrogen) atoms. The van der Waals surface area contributed by atoms with E-state index < -0.39 is 5.82 Å². The van der Waals surface area contributed by atoms with Crippen LogP contribution < -0.4 is 10.2 Å². The molecule has 1 aliphatic rings. The van der Waals surface area contributed by atoms with Gasteiger partial charge in [-0.05, 0) is 48.4 Å². The predicted octanol–water partition coefficient (Wildman–Crippen LogP) is 6.12. The second-order valence-corrected chi connectivity index (χ2v) is 8.64. The minimum atomic E-state index is -0.657. The molecule has 0 saturated heterocycles. The number of pyridine rings is 1. The average molecular weight is 506 g/mol. The summed E-state index contributed by atoms with van der Waals surface area (Å²) in [5.41, 5.74) is 5.14. The summed E-state index contributed by atoms with van der Waals surface area (Å²) in [6.07, 6.45) is 3.85. The van der Waals surface area contributed by atoms with E-state index in [2.05, 4.69) is 10.6 Å². The second-order valence-electron chi connectivity index (χ2n) is 7.39. The maximum Gasteiger partial charge on any atom is 0.184 e. The number of aliphatic imine (C=N–C) groups is 1. The predicted molar refractivity (Wildman–Crippen MR) is 126 cm³/mol. The number of benzene rings is 2. The number of ether oxygens (including phenoxy) is 1. The van der Waals surface area contributed by atoms with Gasteiger partial charge in [-0.15, -0.1) is 0 Å². The first-order chi connectivity index (χ1) is 16.0. The van der Waals surface area contributed by atoms with E-state index in [0.29, 0.717) is 40.2 Å². The van der Waals surface area contributed by atoms with E-state index in [1.54, 1.807) is 35.1 Å².